The lowest BCUT2D eigenvalue weighted by Crippen LogP contribution is -2.21. The van der Waals surface area contributed by atoms with E-state index < -0.39 is 0 Å². The largest absolute Gasteiger partial charge is 0.341 e. The molecule has 1 atom stereocenters. The number of aromatic amines is 1. The Morgan fingerprint density at radius 1 is 1.24 bits per heavy atom. The standard InChI is InChI=1S/C16H21N5/c1-11(2)21-10-17-8-13(21)9-18-12(3)16-19-14-6-4-5-7-15(14)20-16/h4-8,10-12,18H,9H2,1-3H3,(H,19,20). The molecule has 0 amide bonds. The summed E-state index contributed by atoms with van der Waals surface area (Å²) in [6, 6.07) is 8.68. The Kier molecular flexibility index (Phi) is 3.75. The molecular formula is C16H21N5. The molecule has 0 saturated heterocycles. The minimum atomic E-state index is 0.160. The minimum Gasteiger partial charge on any atom is -0.341 e. The average molecular weight is 283 g/mol. The van der Waals surface area contributed by atoms with E-state index in [1.807, 2.05) is 36.8 Å². The van der Waals surface area contributed by atoms with Crippen LogP contribution in [0.1, 0.15) is 44.4 Å². The van der Waals surface area contributed by atoms with E-state index in [0.29, 0.717) is 6.04 Å². The first-order valence-electron chi connectivity index (χ1n) is 7.34. The number of nitrogens with one attached hydrogen (secondary N) is 2. The molecule has 110 valence electrons. The van der Waals surface area contributed by atoms with Gasteiger partial charge in [0.1, 0.15) is 5.82 Å². The monoisotopic (exact) mass is 283 g/mol. The molecule has 0 fully saturated rings. The Labute approximate surface area is 124 Å². The first kappa shape index (κ1) is 13.8. The SMILES string of the molecule is CC(NCc1cncn1C(C)C)c1nc2ccccc2[nH]1. The maximum Gasteiger partial charge on any atom is 0.124 e. The molecule has 0 aliphatic rings. The van der Waals surface area contributed by atoms with Crippen LogP contribution in [-0.4, -0.2) is 19.5 Å². The molecule has 3 rings (SSSR count). The van der Waals surface area contributed by atoms with Crippen LogP contribution in [0.2, 0.25) is 0 Å². The van der Waals surface area contributed by atoms with Crippen molar-refractivity contribution in [1.82, 2.24) is 24.8 Å². The van der Waals surface area contributed by atoms with Gasteiger partial charge in [-0.1, -0.05) is 12.1 Å². The van der Waals surface area contributed by atoms with E-state index in [-0.39, 0.29) is 6.04 Å². The number of fused-ring (bicyclic) bond motifs is 1. The lowest BCUT2D eigenvalue weighted by Gasteiger charge is -2.15. The van der Waals surface area contributed by atoms with Crippen molar-refractivity contribution in [3.05, 3.63) is 48.3 Å². The van der Waals surface area contributed by atoms with Gasteiger partial charge in [-0.05, 0) is 32.9 Å². The number of rotatable bonds is 5. The maximum absolute atomic E-state index is 4.63. The van der Waals surface area contributed by atoms with Crippen LogP contribution in [-0.2, 0) is 6.54 Å². The molecular weight excluding hydrogens is 262 g/mol. The summed E-state index contributed by atoms with van der Waals surface area (Å²) in [5.41, 5.74) is 3.27. The smallest absolute Gasteiger partial charge is 0.124 e. The zero-order chi connectivity index (χ0) is 14.8. The number of nitrogens with zero attached hydrogens (tertiary/aromatic N) is 3. The summed E-state index contributed by atoms with van der Waals surface area (Å²) in [5.74, 6) is 0.965. The lowest BCUT2D eigenvalue weighted by atomic mass is 10.3. The minimum absolute atomic E-state index is 0.160. The van der Waals surface area contributed by atoms with Crippen LogP contribution in [0.4, 0.5) is 0 Å². The molecule has 1 aromatic carbocycles. The Balaban J connectivity index is 1.71. The zero-order valence-corrected chi connectivity index (χ0v) is 12.7. The quantitative estimate of drug-likeness (QED) is 0.756. The molecule has 1 unspecified atom stereocenters. The summed E-state index contributed by atoms with van der Waals surface area (Å²) < 4.78 is 2.18. The van der Waals surface area contributed by atoms with E-state index in [4.69, 9.17) is 0 Å². The predicted octanol–water partition coefficient (Wildman–Crippen LogP) is 3.19. The number of imidazole rings is 2. The number of H-pyrrole nitrogens is 1. The van der Waals surface area contributed by atoms with Crippen molar-refractivity contribution < 1.29 is 0 Å². The van der Waals surface area contributed by atoms with E-state index in [0.717, 1.165) is 23.4 Å². The highest BCUT2D eigenvalue weighted by atomic mass is 15.1. The molecule has 3 aromatic rings. The highest BCUT2D eigenvalue weighted by molar-refractivity contribution is 5.74. The van der Waals surface area contributed by atoms with Crippen LogP contribution in [0.15, 0.2) is 36.8 Å². The lowest BCUT2D eigenvalue weighted by molar-refractivity contribution is 0.508. The normalized spacial score (nSPS) is 13.1. The molecule has 0 spiro atoms. The van der Waals surface area contributed by atoms with Crippen molar-refractivity contribution in [3.63, 3.8) is 0 Å². The Morgan fingerprint density at radius 3 is 2.81 bits per heavy atom. The molecule has 5 nitrogen and oxygen atoms in total. The van der Waals surface area contributed by atoms with Gasteiger partial charge in [0.2, 0.25) is 0 Å². The van der Waals surface area contributed by atoms with Crippen molar-refractivity contribution in [2.24, 2.45) is 0 Å². The van der Waals surface area contributed by atoms with Gasteiger partial charge in [-0.15, -0.1) is 0 Å². The summed E-state index contributed by atoms with van der Waals surface area (Å²) in [6.07, 6.45) is 3.80. The second-order valence-corrected chi connectivity index (χ2v) is 5.63. The highest BCUT2D eigenvalue weighted by Gasteiger charge is 2.12. The van der Waals surface area contributed by atoms with Gasteiger partial charge < -0.3 is 14.9 Å². The molecule has 2 aromatic heterocycles. The molecule has 0 bridgehead atoms. The van der Waals surface area contributed by atoms with E-state index in [1.54, 1.807) is 0 Å². The van der Waals surface area contributed by atoms with E-state index in [9.17, 15) is 0 Å². The van der Waals surface area contributed by atoms with Crippen molar-refractivity contribution in [2.75, 3.05) is 0 Å². The van der Waals surface area contributed by atoms with Crippen LogP contribution in [0.3, 0.4) is 0 Å². The molecule has 0 saturated carbocycles. The van der Waals surface area contributed by atoms with Crippen LogP contribution >= 0.6 is 0 Å². The van der Waals surface area contributed by atoms with Gasteiger partial charge in [-0.3, -0.25) is 0 Å². The number of hydrogen-bond acceptors (Lipinski definition) is 3. The summed E-state index contributed by atoms with van der Waals surface area (Å²) in [6.45, 7) is 7.21. The van der Waals surface area contributed by atoms with Gasteiger partial charge in [-0.25, -0.2) is 9.97 Å². The predicted molar refractivity (Wildman–Crippen MR) is 84.0 cm³/mol. The van der Waals surface area contributed by atoms with Gasteiger partial charge in [0, 0.05) is 18.8 Å². The fourth-order valence-corrected chi connectivity index (χ4v) is 2.47. The Hall–Kier alpha value is -2.14. The van der Waals surface area contributed by atoms with Gasteiger partial charge >= 0.3 is 0 Å². The van der Waals surface area contributed by atoms with Gasteiger partial charge in [-0.2, -0.15) is 0 Å². The average Bonchev–Trinajstić information content (AvgIpc) is 3.10. The van der Waals surface area contributed by atoms with Crippen molar-refractivity contribution in [1.29, 1.82) is 0 Å². The second kappa shape index (κ2) is 5.69. The third kappa shape index (κ3) is 2.83. The van der Waals surface area contributed by atoms with Crippen LogP contribution in [0.25, 0.3) is 11.0 Å². The second-order valence-electron chi connectivity index (χ2n) is 5.63. The third-order valence-electron chi connectivity index (χ3n) is 3.71. The Bertz CT molecular complexity index is 692. The van der Waals surface area contributed by atoms with Crippen molar-refractivity contribution >= 4 is 11.0 Å². The fourth-order valence-electron chi connectivity index (χ4n) is 2.47. The fraction of sp³-hybridized carbons (Fsp3) is 0.375. The summed E-state index contributed by atoms with van der Waals surface area (Å²) in [7, 11) is 0. The van der Waals surface area contributed by atoms with Crippen LogP contribution in [0, 0.1) is 0 Å². The maximum atomic E-state index is 4.63. The molecule has 0 radical (unpaired) electrons. The molecule has 5 heteroatoms. The Morgan fingerprint density at radius 2 is 2.05 bits per heavy atom. The molecule has 0 aliphatic carbocycles. The molecule has 0 aliphatic heterocycles. The van der Waals surface area contributed by atoms with Gasteiger partial charge in [0.05, 0.1) is 29.1 Å². The van der Waals surface area contributed by atoms with Crippen LogP contribution in [0.5, 0.6) is 0 Å². The number of hydrogen-bond donors (Lipinski definition) is 2. The van der Waals surface area contributed by atoms with E-state index in [2.05, 4.69) is 45.6 Å². The van der Waals surface area contributed by atoms with Crippen molar-refractivity contribution in [2.45, 2.75) is 39.4 Å². The number of para-hydroxylation sites is 2. The highest BCUT2D eigenvalue weighted by Crippen LogP contribution is 2.16. The van der Waals surface area contributed by atoms with Gasteiger partial charge in [0.15, 0.2) is 0 Å². The molecule has 21 heavy (non-hydrogen) atoms. The van der Waals surface area contributed by atoms with Crippen LogP contribution < -0.4 is 5.32 Å². The summed E-state index contributed by atoms with van der Waals surface area (Å²) >= 11 is 0. The summed E-state index contributed by atoms with van der Waals surface area (Å²) in [5, 5.41) is 3.50. The topological polar surface area (TPSA) is 58.5 Å². The number of aromatic nitrogens is 4. The first-order chi connectivity index (χ1) is 10.1. The van der Waals surface area contributed by atoms with E-state index >= 15 is 0 Å². The van der Waals surface area contributed by atoms with Crippen molar-refractivity contribution in [3.8, 4) is 0 Å². The zero-order valence-electron chi connectivity index (χ0n) is 12.7. The molecule has 2 N–H and O–H groups in total. The molecule has 2 heterocycles. The summed E-state index contributed by atoms with van der Waals surface area (Å²) in [4.78, 5) is 12.2. The number of benzene rings is 1. The first-order valence-corrected chi connectivity index (χ1v) is 7.34. The third-order valence-corrected chi connectivity index (χ3v) is 3.71. The van der Waals surface area contributed by atoms with E-state index in [1.165, 1.54) is 5.69 Å². The van der Waals surface area contributed by atoms with Gasteiger partial charge in [0.25, 0.3) is 0 Å².